The molecule has 1 aromatic carbocycles. The molecular formula is C23H32IN7. The number of nitrogens with zero attached hydrogens (tertiary/aromatic N) is 5. The molecule has 31 heavy (non-hydrogen) atoms. The maximum Gasteiger partial charge on any atom is 0.191 e. The number of aliphatic imine (C=N–C) groups is 1. The van der Waals surface area contributed by atoms with E-state index in [4.69, 9.17) is 0 Å². The van der Waals surface area contributed by atoms with Crippen LogP contribution < -0.4 is 10.6 Å². The van der Waals surface area contributed by atoms with Gasteiger partial charge in [-0.3, -0.25) is 14.3 Å². The Bertz CT molecular complexity index is 951. The van der Waals surface area contributed by atoms with Crippen LogP contribution >= 0.6 is 24.0 Å². The molecule has 7 nitrogen and oxygen atoms in total. The van der Waals surface area contributed by atoms with Crippen LogP contribution in [-0.4, -0.2) is 58.7 Å². The van der Waals surface area contributed by atoms with Gasteiger partial charge in [0.1, 0.15) is 5.82 Å². The second kappa shape index (κ2) is 12.0. The van der Waals surface area contributed by atoms with Gasteiger partial charge < -0.3 is 10.6 Å². The van der Waals surface area contributed by atoms with Gasteiger partial charge in [0.25, 0.3) is 0 Å². The summed E-state index contributed by atoms with van der Waals surface area (Å²) in [4.78, 5) is 6.98. The lowest BCUT2D eigenvalue weighted by Crippen LogP contribution is -2.43. The molecule has 1 aliphatic heterocycles. The number of pyridine rings is 1. The van der Waals surface area contributed by atoms with Crippen molar-refractivity contribution in [2.24, 2.45) is 4.99 Å². The molecule has 1 fully saturated rings. The van der Waals surface area contributed by atoms with E-state index in [2.05, 4.69) is 61.1 Å². The SMILES string of the molecule is CN=C(NCCCc1nnc2ccccn12)NCC(c1ccccc1)N1CCCC1.I. The lowest BCUT2D eigenvalue weighted by molar-refractivity contribution is 0.245. The molecule has 1 unspecified atom stereocenters. The molecule has 0 saturated carbocycles. The number of halogens is 1. The van der Waals surface area contributed by atoms with Crippen LogP contribution in [0.1, 0.15) is 36.7 Å². The number of benzene rings is 1. The maximum absolute atomic E-state index is 4.41. The highest BCUT2D eigenvalue weighted by Gasteiger charge is 2.23. The molecule has 0 radical (unpaired) electrons. The first-order valence-electron chi connectivity index (χ1n) is 10.9. The summed E-state index contributed by atoms with van der Waals surface area (Å²) in [5, 5.41) is 15.5. The molecule has 0 amide bonds. The van der Waals surface area contributed by atoms with Gasteiger partial charge >= 0.3 is 0 Å². The molecule has 2 aromatic heterocycles. The summed E-state index contributed by atoms with van der Waals surface area (Å²) in [5.74, 6) is 1.84. The molecule has 0 bridgehead atoms. The van der Waals surface area contributed by atoms with Crippen molar-refractivity contribution in [1.82, 2.24) is 30.1 Å². The first-order chi connectivity index (χ1) is 14.8. The van der Waals surface area contributed by atoms with Crippen LogP contribution in [-0.2, 0) is 6.42 Å². The van der Waals surface area contributed by atoms with E-state index in [1.807, 2.05) is 35.8 Å². The molecule has 1 atom stereocenters. The molecule has 166 valence electrons. The molecule has 1 saturated heterocycles. The summed E-state index contributed by atoms with van der Waals surface area (Å²) in [6, 6.07) is 17.1. The van der Waals surface area contributed by atoms with Crippen molar-refractivity contribution in [1.29, 1.82) is 0 Å². The molecule has 1 aliphatic rings. The highest BCUT2D eigenvalue weighted by molar-refractivity contribution is 14.0. The Morgan fingerprint density at radius 1 is 1.03 bits per heavy atom. The lowest BCUT2D eigenvalue weighted by Gasteiger charge is -2.29. The van der Waals surface area contributed by atoms with E-state index in [1.165, 1.54) is 31.5 Å². The molecule has 0 spiro atoms. The van der Waals surface area contributed by atoms with Crippen molar-refractivity contribution in [2.45, 2.75) is 31.7 Å². The number of aryl methyl sites for hydroxylation is 1. The van der Waals surface area contributed by atoms with Crippen molar-refractivity contribution in [3.8, 4) is 0 Å². The van der Waals surface area contributed by atoms with Crippen LogP contribution in [0, 0.1) is 0 Å². The van der Waals surface area contributed by atoms with Gasteiger partial charge in [-0.1, -0.05) is 36.4 Å². The minimum Gasteiger partial charge on any atom is -0.356 e. The van der Waals surface area contributed by atoms with Gasteiger partial charge in [-0.2, -0.15) is 0 Å². The Morgan fingerprint density at radius 2 is 1.81 bits per heavy atom. The fraction of sp³-hybridized carbons (Fsp3) is 0.435. The minimum atomic E-state index is 0. The van der Waals surface area contributed by atoms with E-state index in [0.29, 0.717) is 6.04 Å². The van der Waals surface area contributed by atoms with E-state index < -0.39 is 0 Å². The highest BCUT2D eigenvalue weighted by Crippen LogP contribution is 2.24. The Labute approximate surface area is 201 Å². The van der Waals surface area contributed by atoms with Crippen LogP contribution in [0.15, 0.2) is 59.7 Å². The predicted octanol–water partition coefficient (Wildman–Crippen LogP) is 3.28. The number of hydrogen-bond donors (Lipinski definition) is 2. The van der Waals surface area contributed by atoms with E-state index in [9.17, 15) is 0 Å². The first-order valence-corrected chi connectivity index (χ1v) is 10.9. The van der Waals surface area contributed by atoms with Crippen LogP contribution in [0.5, 0.6) is 0 Å². The zero-order valence-electron chi connectivity index (χ0n) is 18.1. The number of hydrogen-bond acceptors (Lipinski definition) is 4. The van der Waals surface area contributed by atoms with Crippen LogP contribution in [0.25, 0.3) is 5.65 Å². The fourth-order valence-electron chi connectivity index (χ4n) is 4.11. The average Bonchev–Trinajstić information content (AvgIpc) is 3.47. The molecule has 0 aliphatic carbocycles. The third-order valence-electron chi connectivity index (χ3n) is 5.71. The third kappa shape index (κ3) is 6.16. The largest absolute Gasteiger partial charge is 0.356 e. The molecule has 3 heterocycles. The Kier molecular flexibility index (Phi) is 9.08. The van der Waals surface area contributed by atoms with Crippen molar-refractivity contribution in [2.75, 3.05) is 33.2 Å². The van der Waals surface area contributed by atoms with E-state index in [-0.39, 0.29) is 24.0 Å². The van der Waals surface area contributed by atoms with E-state index >= 15 is 0 Å². The predicted molar refractivity (Wildman–Crippen MR) is 136 cm³/mol. The van der Waals surface area contributed by atoms with Crippen molar-refractivity contribution in [3.05, 3.63) is 66.1 Å². The Hall–Kier alpha value is -2.20. The van der Waals surface area contributed by atoms with Gasteiger partial charge in [0.05, 0.1) is 6.04 Å². The minimum absolute atomic E-state index is 0. The number of fused-ring (bicyclic) bond motifs is 1. The molecule has 8 heteroatoms. The number of guanidine groups is 1. The van der Waals surface area contributed by atoms with Gasteiger partial charge in [-0.25, -0.2) is 0 Å². The average molecular weight is 533 g/mol. The number of nitrogens with one attached hydrogen (secondary N) is 2. The maximum atomic E-state index is 4.41. The van der Waals surface area contributed by atoms with Crippen molar-refractivity contribution >= 4 is 35.6 Å². The summed E-state index contributed by atoms with van der Waals surface area (Å²) < 4.78 is 2.05. The summed E-state index contributed by atoms with van der Waals surface area (Å²) in [7, 11) is 1.83. The van der Waals surface area contributed by atoms with Gasteiger partial charge in [0.2, 0.25) is 0 Å². The number of aromatic nitrogens is 3. The van der Waals surface area contributed by atoms with Gasteiger partial charge in [0, 0.05) is 32.8 Å². The standard InChI is InChI=1S/C23H31N7.HI/c1-24-23(25-14-9-13-22-28-27-21-12-5-6-17-30(21)22)26-18-20(29-15-7-8-16-29)19-10-3-2-4-11-19;/h2-6,10-12,17,20H,7-9,13-16,18H2,1H3,(H2,24,25,26);1H. The zero-order valence-corrected chi connectivity index (χ0v) is 20.4. The van der Waals surface area contributed by atoms with Gasteiger partial charge in [-0.05, 0) is 50.0 Å². The van der Waals surface area contributed by atoms with E-state index in [0.717, 1.165) is 43.4 Å². The van der Waals surface area contributed by atoms with Crippen LogP contribution in [0.4, 0.5) is 0 Å². The van der Waals surface area contributed by atoms with Gasteiger partial charge in [-0.15, -0.1) is 34.2 Å². The van der Waals surface area contributed by atoms with E-state index in [1.54, 1.807) is 0 Å². The number of rotatable bonds is 8. The monoisotopic (exact) mass is 533 g/mol. The third-order valence-corrected chi connectivity index (χ3v) is 5.71. The molecule has 3 aromatic rings. The molecule has 4 rings (SSSR count). The molecular weight excluding hydrogens is 501 g/mol. The zero-order chi connectivity index (χ0) is 20.6. The van der Waals surface area contributed by atoms with Crippen LogP contribution in [0.2, 0.25) is 0 Å². The first kappa shape index (κ1) is 23.5. The van der Waals surface area contributed by atoms with Gasteiger partial charge in [0.15, 0.2) is 11.6 Å². The summed E-state index contributed by atoms with van der Waals surface area (Å²) in [6.07, 6.45) is 6.42. The fourth-order valence-corrected chi connectivity index (χ4v) is 4.11. The quantitative estimate of drug-likeness (QED) is 0.201. The number of likely N-dealkylation sites (tertiary alicyclic amines) is 1. The van der Waals surface area contributed by atoms with Crippen LogP contribution in [0.3, 0.4) is 0 Å². The summed E-state index contributed by atoms with van der Waals surface area (Å²) >= 11 is 0. The second-order valence-electron chi connectivity index (χ2n) is 7.70. The molecule has 2 N–H and O–H groups in total. The Balaban J connectivity index is 0.00000272. The summed E-state index contributed by atoms with van der Waals surface area (Å²) in [5.41, 5.74) is 2.26. The van der Waals surface area contributed by atoms with Crippen molar-refractivity contribution in [3.63, 3.8) is 0 Å². The normalized spacial score (nSPS) is 15.6. The Morgan fingerprint density at radius 3 is 2.58 bits per heavy atom. The topological polar surface area (TPSA) is 69.8 Å². The summed E-state index contributed by atoms with van der Waals surface area (Å²) in [6.45, 7) is 4.01. The smallest absolute Gasteiger partial charge is 0.191 e. The van der Waals surface area contributed by atoms with Crippen molar-refractivity contribution < 1.29 is 0 Å². The highest BCUT2D eigenvalue weighted by atomic mass is 127. The second-order valence-corrected chi connectivity index (χ2v) is 7.70. The lowest BCUT2D eigenvalue weighted by atomic mass is 10.1.